The summed E-state index contributed by atoms with van der Waals surface area (Å²) in [6.45, 7) is 0. The Morgan fingerprint density at radius 1 is 0.622 bits per heavy atom. The van der Waals surface area contributed by atoms with Gasteiger partial charge in [0.15, 0.2) is 5.82 Å². The van der Waals surface area contributed by atoms with Crippen LogP contribution in [-0.2, 0) is 0 Å². The van der Waals surface area contributed by atoms with E-state index in [1.807, 2.05) is 18.2 Å². The fourth-order valence-electron chi connectivity index (χ4n) is 6.75. The average Bonchev–Trinajstić information content (AvgIpc) is 3.50. The van der Waals surface area contributed by atoms with Crippen molar-refractivity contribution in [2.45, 2.75) is 6.42 Å². The van der Waals surface area contributed by atoms with Crippen LogP contribution in [0.2, 0.25) is 0 Å². The van der Waals surface area contributed by atoms with Crippen LogP contribution in [0.15, 0.2) is 162 Å². The maximum Gasteiger partial charge on any atom is 0.161 e. The number of para-hydroxylation sites is 2. The minimum atomic E-state index is 0.423. The SMILES string of the molecule is C1=CC2=CC(c3nc(-c4cc(-c5cccc(-c6ccccc6)c5)cc5oc6ccccc6c45)nc4ccccc34)=CCC2C=C1. The molecule has 9 rings (SSSR count). The van der Waals surface area contributed by atoms with E-state index in [2.05, 4.69) is 134 Å². The highest BCUT2D eigenvalue weighted by molar-refractivity contribution is 6.13. The third-order valence-corrected chi connectivity index (χ3v) is 8.98. The van der Waals surface area contributed by atoms with E-state index in [0.717, 1.165) is 67.2 Å². The second-order valence-corrected chi connectivity index (χ2v) is 11.7. The molecule has 0 fully saturated rings. The number of rotatable bonds is 4. The van der Waals surface area contributed by atoms with Gasteiger partial charge in [-0.25, -0.2) is 9.97 Å². The summed E-state index contributed by atoms with van der Waals surface area (Å²) >= 11 is 0. The predicted molar refractivity (Wildman–Crippen MR) is 186 cm³/mol. The van der Waals surface area contributed by atoms with Gasteiger partial charge in [-0.05, 0) is 76.2 Å². The first kappa shape index (κ1) is 25.7. The molecule has 7 aromatic rings. The minimum Gasteiger partial charge on any atom is -0.456 e. The van der Waals surface area contributed by atoms with Gasteiger partial charge in [0, 0.05) is 27.6 Å². The first-order valence-corrected chi connectivity index (χ1v) is 15.4. The smallest absolute Gasteiger partial charge is 0.161 e. The van der Waals surface area contributed by atoms with Gasteiger partial charge in [-0.1, -0.05) is 115 Å². The van der Waals surface area contributed by atoms with Crippen molar-refractivity contribution >= 4 is 38.4 Å². The Hall–Kier alpha value is -5.80. The Kier molecular flexibility index (Phi) is 5.95. The van der Waals surface area contributed by atoms with Gasteiger partial charge in [-0.3, -0.25) is 0 Å². The first-order chi connectivity index (χ1) is 22.3. The Balaban J connectivity index is 1.28. The van der Waals surface area contributed by atoms with Crippen LogP contribution in [0.1, 0.15) is 12.1 Å². The number of fused-ring (bicyclic) bond motifs is 5. The zero-order chi connectivity index (χ0) is 29.7. The Morgan fingerprint density at radius 3 is 2.31 bits per heavy atom. The summed E-state index contributed by atoms with van der Waals surface area (Å²) in [5, 5.41) is 3.15. The van der Waals surface area contributed by atoms with E-state index in [0.29, 0.717) is 11.7 Å². The molecule has 0 spiro atoms. The summed E-state index contributed by atoms with van der Waals surface area (Å²) in [6, 6.07) is 40.2. The largest absolute Gasteiger partial charge is 0.456 e. The fourth-order valence-corrected chi connectivity index (χ4v) is 6.75. The molecule has 1 atom stereocenters. The van der Waals surface area contributed by atoms with Crippen LogP contribution in [0.25, 0.3) is 72.1 Å². The van der Waals surface area contributed by atoms with Crippen molar-refractivity contribution in [1.82, 2.24) is 9.97 Å². The van der Waals surface area contributed by atoms with Crippen LogP contribution in [0.3, 0.4) is 0 Å². The van der Waals surface area contributed by atoms with Crippen LogP contribution in [-0.4, -0.2) is 9.97 Å². The van der Waals surface area contributed by atoms with Gasteiger partial charge < -0.3 is 4.42 Å². The second-order valence-electron chi connectivity index (χ2n) is 11.7. The third kappa shape index (κ3) is 4.44. The van der Waals surface area contributed by atoms with E-state index in [9.17, 15) is 0 Å². The number of hydrogen-bond acceptors (Lipinski definition) is 3. The second kappa shape index (κ2) is 10.4. The number of benzene rings is 5. The lowest BCUT2D eigenvalue weighted by Crippen LogP contribution is -2.07. The van der Waals surface area contributed by atoms with Gasteiger partial charge in [-0.2, -0.15) is 0 Å². The summed E-state index contributed by atoms with van der Waals surface area (Å²) in [5.41, 5.74) is 11.5. The van der Waals surface area contributed by atoms with Crippen molar-refractivity contribution in [2.24, 2.45) is 5.92 Å². The van der Waals surface area contributed by atoms with Crippen molar-refractivity contribution in [3.63, 3.8) is 0 Å². The van der Waals surface area contributed by atoms with Gasteiger partial charge in [0.25, 0.3) is 0 Å². The monoisotopic (exact) mass is 576 g/mol. The standard InChI is InChI=1S/C42H28N2O/c1-2-11-27(12-3-1)30-15-10-16-31(23-30)33-25-36(40-35-18-7-9-20-38(35)45-39(40)26-33)42-43-37-19-8-6-17-34(37)41(44-42)32-22-21-28-13-4-5-14-29(28)24-32/h1-20,22-26,28H,21H2. The molecule has 1 unspecified atom stereocenters. The molecule has 0 saturated heterocycles. The zero-order valence-corrected chi connectivity index (χ0v) is 24.5. The normalized spacial score (nSPS) is 15.8. The molecule has 2 heterocycles. The number of nitrogens with zero attached hydrogens (tertiary/aromatic N) is 2. The molecule has 0 radical (unpaired) electrons. The van der Waals surface area contributed by atoms with Crippen LogP contribution < -0.4 is 0 Å². The summed E-state index contributed by atoms with van der Waals surface area (Å²) in [4.78, 5) is 10.6. The van der Waals surface area contributed by atoms with E-state index in [1.165, 1.54) is 16.7 Å². The molecular formula is C42H28N2O. The van der Waals surface area contributed by atoms with Crippen molar-refractivity contribution < 1.29 is 4.42 Å². The van der Waals surface area contributed by atoms with Gasteiger partial charge in [0.1, 0.15) is 11.2 Å². The lowest BCUT2D eigenvalue weighted by molar-refractivity contribution is 0.669. The highest BCUT2D eigenvalue weighted by Crippen LogP contribution is 2.41. The lowest BCUT2D eigenvalue weighted by atomic mass is 9.84. The quantitative estimate of drug-likeness (QED) is 0.209. The van der Waals surface area contributed by atoms with E-state index in [4.69, 9.17) is 14.4 Å². The number of furan rings is 1. The molecule has 2 aliphatic rings. The number of hydrogen-bond donors (Lipinski definition) is 0. The average molecular weight is 577 g/mol. The molecule has 45 heavy (non-hydrogen) atoms. The fraction of sp³-hybridized carbons (Fsp3) is 0.0476. The molecule has 212 valence electrons. The maximum atomic E-state index is 6.49. The first-order valence-electron chi connectivity index (χ1n) is 15.4. The van der Waals surface area contributed by atoms with Crippen molar-refractivity contribution in [2.75, 3.05) is 0 Å². The molecule has 2 aromatic heterocycles. The molecule has 0 bridgehead atoms. The van der Waals surface area contributed by atoms with Gasteiger partial charge in [0.2, 0.25) is 0 Å². The predicted octanol–water partition coefficient (Wildman–Crippen LogP) is 11.0. The van der Waals surface area contributed by atoms with E-state index >= 15 is 0 Å². The molecule has 0 saturated carbocycles. The molecule has 3 heteroatoms. The van der Waals surface area contributed by atoms with Crippen molar-refractivity contribution in [3.05, 3.63) is 163 Å². The van der Waals surface area contributed by atoms with Crippen molar-refractivity contribution in [1.29, 1.82) is 0 Å². The van der Waals surface area contributed by atoms with Gasteiger partial charge in [0.05, 0.1) is 11.2 Å². The molecule has 5 aromatic carbocycles. The highest BCUT2D eigenvalue weighted by Gasteiger charge is 2.22. The molecule has 0 aliphatic heterocycles. The summed E-state index contributed by atoms with van der Waals surface area (Å²) < 4.78 is 6.49. The minimum absolute atomic E-state index is 0.423. The highest BCUT2D eigenvalue weighted by atomic mass is 16.3. The summed E-state index contributed by atoms with van der Waals surface area (Å²) in [7, 11) is 0. The Labute approximate surface area is 261 Å². The summed E-state index contributed by atoms with van der Waals surface area (Å²) in [5.74, 6) is 1.12. The van der Waals surface area contributed by atoms with Crippen LogP contribution in [0.5, 0.6) is 0 Å². The zero-order valence-electron chi connectivity index (χ0n) is 24.5. The third-order valence-electron chi connectivity index (χ3n) is 8.98. The van der Waals surface area contributed by atoms with Gasteiger partial charge in [-0.15, -0.1) is 0 Å². The maximum absolute atomic E-state index is 6.49. The summed E-state index contributed by atoms with van der Waals surface area (Å²) in [6.07, 6.45) is 14.3. The molecule has 0 N–H and O–H groups in total. The number of allylic oxidation sites excluding steroid dienone is 8. The van der Waals surface area contributed by atoms with Crippen LogP contribution >= 0.6 is 0 Å². The Morgan fingerprint density at radius 2 is 1.40 bits per heavy atom. The van der Waals surface area contributed by atoms with Crippen LogP contribution in [0, 0.1) is 5.92 Å². The molecular weight excluding hydrogens is 548 g/mol. The molecule has 2 aliphatic carbocycles. The number of aromatic nitrogens is 2. The molecule has 3 nitrogen and oxygen atoms in total. The van der Waals surface area contributed by atoms with Crippen LogP contribution in [0.4, 0.5) is 0 Å². The topological polar surface area (TPSA) is 38.9 Å². The Bertz CT molecular complexity index is 2410. The van der Waals surface area contributed by atoms with E-state index in [-0.39, 0.29) is 0 Å². The lowest BCUT2D eigenvalue weighted by Gasteiger charge is -2.21. The van der Waals surface area contributed by atoms with E-state index in [1.54, 1.807) is 0 Å². The molecule has 0 amide bonds. The van der Waals surface area contributed by atoms with Crippen molar-refractivity contribution in [3.8, 4) is 33.6 Å². The van der Waals surface area contributed by atoms with Gasteiger partial charge >= 0.3 is 0 Å². The van der Waals surface area contributed by atoms with E-state index < -0.39 is 0 Å².